The van der Waals surface area contributed by atoms with Crippen LogP contribution < -0.4 is 5.43 Å². The number of carbonyl (C=O) groups excluding carboxylic acids is 1. The zero-order valence-electron chi connectivity index (χ0n) is 12.7. The summed E-state index contributed by atoms with van der Waals surface area (Å²) in [6, 6.07) is 14.3. The number of halogens is 1. The Kier molecular flexibility index (Phi) is 3.82. The van der Waals surface area contributed by atoms with Crippen LogP contribution in [-0.2, 0) is 9.63 Å². The Morgan fingerprint density at radius 3 is 2.64 bits per heavy atom. The van der Waals surface area contributed by atoms with Gasteiger partial charge in [0.15, 0.2) is 5.43 Å². The maximum absolute atomic E-state index is 12.7. The molecule has 0 radical (unpaired) electrons. The lowest BCUT2D eigenvalue weighted by molar-refractivity contribution is -0.136. The molecule has 1 aliphatic heterocycles. The molecule has 3 aromatic rings. The van der Waals surface area contributed by atoms with Crippen molar-refractivity contribution in [1.82, 2.24) is 0 Å². The van der Waals surface area contributed by atoms with Gasteiger partial charge in [0, 0.05) is 10.0 Å². The number of benzene rings is 2. The monoisotopic (exact) mass is 395 g/mol. The molecule has 122 valence electrons. The molecule has 1 aliphatic rings. The predicted molar refractivity (Wildman–Crippen MR) is 97.2 cm³/mol. The molecule has 2 aromatic carbocycles. The Morgan fingerprint density at radius 1 is 1.04 bits per heavy atom. The highest BCUT2D eigenvalue weighted by Crippen LogP contribution is 2.22. The van der Waals surface area contributed by atoms with Crippen molar-refractivity contribution in [2.75, 3.05) is 0 Å². The highest BCUT2D eigenvalue weighted by molar-refractivity contribution is 9.10. The minimum absolute atomic E-state index is 0.216. The lowest BCUT2D eigenvalue weighted by Crippen LogP contribution is -2.10. The van der Waals surface area contributed by atoms with Crippen LogP contribution in [0.15, 0.2) is 79.2 Å². The maximum atomic E-state index is 12.7. The molecular weight excluding hydrogens is 386 g/mol. The van der Waals surface area contributed by atoms with Gasteiger partial charge >= 0.3 is 5.97 Å². The minimum atomic E-state index is -0.604. The van der Waals surface area contributed by atoms with Gasteiger partial charge in [-0.15, -0.1) is 0 Å². The topological polar surface area (TPSA) is 68.9 Å². The molecule has 0 bridgehead atoms. The van der Waals surface area contributed by atoms with Crippen molar-refractivity contribution in [3.8, 4) is 0 Å². The summed E-state index contributed by atoms with van der Waals surface area (Å²) in [6.45, 7) is 0. The Hall–Kier alpha value is -2.99. The smallest absolute Gasteiger partial charge is 0.368 e. The molecule has 0 saturated heterocycles. The van der Waals surface area contributed by atoms with Gasteiger partial charge in [-0.1, -0.05) is 51.4 Å². The number of hydrogen-bond acceptors (Lipinski definition) is 5. The summed E-state index contributed by atoms with van der Waals surface area (Å²) in [6.07, 6.45) is 2.78. The fourth-order valence-electron chi connectivity index (χ4n) is 2.59. The van der Waals surface area contributed by atoms with Gasteiger partial charge in [-0.25, -0.2) is 4.79 Å². The summed E-state index contributed by atoms with van der Waals surface area (Å²) in [5.41, 5.74) is 1.83. The van der Waals surface area contributed by atoms with Crippen LogP contribution in [0.25, 0.3) is 17.0 Å². The zero-order chi connectivity index (χ0) is 17.4. The van der Waals surface area contributed by atoms with Crippen molar-refractivity contribution in [1.29, 1.82) is 0 Å². The van der Waals surface area contributed by atoms with E-state index in [0.29, 0.717) is 16.7 Å². The third-order valence-electron chi connectivity index (χ3n) is 3.80. The second kappa shape index (κ2) is 6.14. The molecule has 25 heavy (non-hydrogen) atoms. The molecule has 4 rings (SSSR count). The van der Waals surface area contributed by atoms with E-state index < -0.39 is 5.97 Å². The van der Waals surface area contributed by atoms with Gasteiger partial charge in [0.25, 0.3) is 0 Å². The number of hydrogen-bond donors (Lipinski definition) is 0. The van der Waals surface area contributed by atoms with Gasteiger partial charge in [-0.3, -0.25) is 4.79 Å². The van der Waals surface area contributed by atoms with Crippen LogP contribution in [0.2, 0.25) is 0 Å². The number of carbonyl (C=O) groups is 1. The molecule has 1 aromatic heterocycles. The largest absolute Gasteiger partial charge is 0.463 e. The van der Waals surface area contributed by atoms with Crippen LogP contribution in [0.4, 0.5) is 0 Å². The van der Waals surface area contributed by atoms with Crippen molar-refractivity contribution in [3.05, 3.63) is 86.2 Å². The van der Waals surface area contributed by atoms with Gasteiger partial charge in [0.2, 0.25) is 0 Å². The minimum Gasteiger partial charge on any atom is -0.463 e. The molecule has 0 aliphatic carbocycles. The third kappa shape index (κ3) is 2.81. The summed E-state index contributed by atoms with van der Waals surface area (Å²) < 4.78 is 6.28. The fraction of sp³-hybridized carbons (Fsp3) is 0. The molecule has 0 amide bonds. The van der Waals surface area contributed by atoms with Crippen molar-refractivity contribution in [2.45, 2.75) is 0 Å². The Balaban J connectivity index is 1.86. The SMILES string of the molecule is O=C1ON=C(c2ccccc2)/C1=C/c1coc2ccc(Br)cc2c1=O. The van der Waals surface area contributed by atoms with E-state index in [1.54, 1.807) is 18.2 Å². The van der Waals surface area contributed by atoms with E-state index in [-0.39, 0.29) is 16.6 Å². The molecule has 5 nitrogen and oxygen atoms in total. The summed E-state index contributed by atoms with van der Waals surface area (Å²) in [4.78, 5) is 29.5. The van der Waals surface area contributed by atoms with E-state index >= 15 is 0 Å². The second-order valence-electron chi connectivity index (χ2n) is 5.40. The van der Waals surface area contributed by atoms with E-state index in [0.717, 1.165) is 10.0 Å². The van der Waals surface area contributed by atoms with E-state index in [1.165, 1.54) is 12.3 Å². The van der Waals surface area contributed by atoms with Gasteiger partial charge < -0.3 is 9.25 Å². The third-order valence-corrected chi connectivity index (χ3v) is 4.30. The standard InChI is InChI=1S/C19H10BrNO4/c20-13-6-7-16-14(9-13)18(22)12(10-24-16)8-15-17(21-25-19(15)23)11-4-2-1-3-5-11/h1-10H/b15-8-. The molecule has 0 spiro atoms. The number of rotatable bonds is 2. The first-order chi connectivity index (χ1) is 12.1. The average Bonchev–Trinajstić information content (AvgIpc) is 2.99. The molecule has 0 fully saturated rings. The average molecular weight is 396 g/mol. The van der Waals surface area contributed by atoms with Crippen LogP contribution in [0.5, 0.6) is 0 Å². The van der Waals surface area contributed by atoms with Crippen molar-refractivity contribution in [3.63, 3.8) is 0 Å². The summed E-state index contributed by atoms with van der Waals surface area (Å²) in [7, 11) is 0. The molecule has 6 heteroatoms. The van der Waals surface area contributed by atoms with Gasteiger partial charge in [0.05, 0.1) is 16.5 Å². The van der Waals surface area contributed by atoms with Gasteiger partial charge in [0.1, 0.15) is 17.6 Å². The van der Waals surface area contributed by atoms with Gasteiger partial charge in [-0.2, -0.15) is 0 Å². The highest BCUT2D eigenvalue weighted by atomic mass is 79.9. The first-order valence-corrected chi connectivity index (χ1v) is 8.21. The summed E-state index contributed by atoms with van der Waals surface area (Å²) in [5.74, 6) is -0.604. The molecule has 0 atom stereocenters. The molecule has 2 heterocycles. The van der Waals surface area contributed by atoms with Crippen LogP contribution in [0, 0.1) is 0 Å². The Labute approximate surface area is 150 Å². The lowest BCUT2D eigenvalue weighted by Gasteiger charge is -2.02. The van der Waals surface area contributed by atoms with E-state index in [9.17, 15) is 9.59 Å². The van der Waals surface area contributed by atoms with Crippen LogP contribution in [0.1, 0.15) is 11.1 Å². The molecule has 0 saturated carbocycles. The van der Waals surface area contributed by atoms with Crippen LogP contribution >= 0.6 is 15.9 Å². The molecule has 0 unspecified atom stereocenters. The van der Waals surface area contributed by atoms with Crippen LogP contribution in [-0.4, -0.2) is 11.7 Å². The van der Waals surface area contributed by atoms with Crippen molar-refractivity contribution in [2.24, 2.45) is 5.16 Å². The lowest BCUT2D eigenvalue weighted by atomic mass is 10.0. The first kappa shape index (κ1) is 15.5. The summed E-state index contributed by atoms with van der Waals surface area (Å²) in [5, 5.41) is 4.25. The maximum Gasteiger partial charge on any atom is 0.368 e. The van der Waals surface area contributed by atoms with Crippen LogP contribution in [0.3, 0.4) is 0 Å². The fourth-order valence-corrected chi connectivity index (χ4v) is 2.95. The summed E-state index contributed by atoms with van der Waals surface area (Å²) >= 11 is 3.34. The zero-order valence-corrected chi connectivity index (χ0v) is 14.3. The van der Waals surface area contributed by atoms with E-state index in [1.807, 2.05) is 30.3 Å². The quantitative estimate of drug-likeness (QED) is 0.487. The number of oxime groups is 1. The highest BCUT2D eigenvalue weighted by Gasteiger charge is 2.27. The van der Waals surface area contributed by atoms with Crippen molar-refractivity contribution < 1.29 is 14.0 Å². The first-order valence-electron chi connectivity index (χ1n) is 7.41. The molecule has 0 N–H and O–H groups in total. The van der Waals surface area contributed by atoms with Crippen molar-refractivity contribution >= 4 is 44.7 Å². The Morgan fingerprint density at radius 2 is 1.84 bits per heavy atom. The second-order valence-corrected chi connectivity index (χ2v) is 6.32. The normalized spacial score (nSPS) is 15.5. The van der Waals surface area contributed by atoms with E-state index in [2.05, 4.69) is 21.1 Å². The number of nitrogens with zero attached hydrogens (tertiary/aromatic N) is 1. The Bertz CT molecular complexity index is 1110. The number of fused-ring (bicyclic) bond motifs is 1. The molecular formula is C19H10BrNO4. The predicted octanol–water partition coefficient (Wildman–Crippen LogP) is 3.90. The van der Waals surface area contributed by atoms with E-state index in [4.69, 9.17) is 9.25 Å². The van der Waals surface area contributed by atoms with Gasteiger partial charge in [-0.05, 0) is 24.3 Å².